The summed E-state index contributed by atoms with van der Waals surface area (Å²) in [6.07, 6.45) is 30.8. The van der Waals surface area contributed by atoms with Crippen LogP contribution in [0.15, 0.2) is 0 Å². The van der Waals surface area contributed by atoms with Crippen molar-refractivity contribution in [2.45, 2.75) is 168 Å². The number of unbranched alkanes of at least 4 members (excludes halogenated alkanes) is 20. The zero-order chi connectivity index (χ0) is 24.5. The molecule has 0 aliphatic carbocycles. The minimum absolute atomic E-state index is 0. The molecular weight excluding hydrogens is 471 g/mol. The Morgan fingerprint density at radius 2 is 0.794 bits per heavy atom. The molecule has 0 amide bonds. The zero-order valence-electron chi connectivity index (χ0n) is 23.3. The minimum atomic E-state index is -4.58. The van der Waals surface area contributed by atoms with Crippen molar-refractivity contribution in [1.82, 2.24) is 0 Å². The van der Waals surface area contributed by atoms with Crippen LogP contribution in [0.5, 0.6) is 0 Å². The molecule has 0 heterocycles. The summed E-state index contributed by atoms with van der Waals surface area (Å²) in [6.45, 7) is 4.59. The van der Waals surface area contributed by atoms with Crippen LogP contribution in [-0.2, 0) is 14.6 Å². The molecule has 0 unspecified atom stereocenters. The van der Waals surface area contributed by atoms with Crippen LogP contribution >= 0.6 is 0 Å². The van der Waals surface area contributed by atoms with Crippen molar-refractivity contribution >= 4 is 10.4 Å². The molecule has 0 aliphatic heterocycles. The average molecular weight is 529 g/mol. The van der Waals surface area contributed by atoms with Gasteiger partial charge in [-0.3, -0.25) is 4.18 Å². The van der Waals surface area contributed by atoms with Gasteiger partial charge in [-0.25, -0.2) is 8.42 Å². The van der Waals surface area contributed by atoms with Crippen molar-refractivity contribution in [3.63, 3.8) is 0 Å². The summed E-state index contributed by atoms with van der Waals surface area (Å²) >= 11 is 0. The van der Waals surface area contributed by atoms with Crippen LogP contribution in [0.1, 0.15) is 168 Å². The molecule has 4 nitrogen and oxygen atoms in total. The van der Waals surface area contributed by atoms with Crippen LogP contribution in [0.2, 0.25) is 0 Å². The topological polar surface area (TPSA) is 66.4 Å². The molecule has 0 aromatic rings. The molecule has 0 N–H and O–H groups in total. The van der Waals surface area contributed by atoms with Crippen LogP contribution < -0.4 is 51.4 Å². The van der Waals surface area contributed by atoms with Crippen LogP contribution in [0.4, 0.5) is 0 Å². The van der Waals surface area contributed by atoms with Crippen LogP contribution in [0, 0.1) is 5.92 Å². The molecule has 0 spiro atoms. The second-order valence-electron chi connectivity index (χ2n) is 10.2. The third kappa shape index (κ3) is 31.5. The van der Waals surface area contributed by atoms with Gasteiger partial charge in [0, 0.05) is 0 Å². The van der Waals surface area contributed by atoms with Gasteiger partial charge in [0.25, 0.3) is 0 Å². The molecule has 0 saturated carbocycles. The van der Waals surface area contributed by atoms with Gasteiger partial charge in [-0.05, 0) is 18.8 Å². The first kappa shape index (κ1) is 37.7. The van der Waals surface area contributed by atoms with Crippen molar-refractivity contribution in [1.29, 1.82) is 0 Å². The predicted molar refractivity (Wildman–Crippen MR) is 141 cm³/mol. The van der Waals surface area contributed by atoms with Gasteiger partial charge in [-0.15, -0.1) is 0 Å². The van der Waals surface area contributed by atoms with Crippen molar-refractivity contribution in [2.24, 2.45) is 5.92 Å². The average Bonchev–Trinajstić information content (AvgIpc) is 2.78. The van der Waals surface area contributed by atoms with Gasteiger partial charge < -0.3 is 4.55 Å². The van der Waals surface area contributed by atoms with E-state index in [1.165, 1.54) is 128 Å². The fourth-order valence-corrected chi connectivity index (χ4v) is 5.04. The largest absolute Gasteiger partial charge is 1.00 e. The number of hydrogen-bond acceptors (Lipinski definition) is 4. The van der Waals surface area contributed by atoms with E-state index in [0.29, 0.717) is 0 Å². The van der Waals surface area contributed by atoms with E-state index in [-0.39, 0.29) is 63.9 Å². The summed E-state index contributed by atoms with van der Waals surface area (Å²) in [5.74, 6) is 0.200. The molecule has 34 heavy (non-hydrogen) atoms. The van der Waals surface area contributed by atoms with Gasteiger partial charge >= 0.3 is 51.4 Å². The quantitative estimate of drug-likeness (QED) is 0.0529. The molecular formula is C28H57KO4S. The second-order valence-corrected chi connectivity index (χ2v) is 11.3. The molecule has 0 aromatic heterocycles. The van der Waals surface area contributed by atoms with Crippen LogP contribution in [-0.4, -0.2) is 19.6 Å². The fraction of sp³-hybridized carbons (Fsp3) is 1.00. The maximum Gasteiger partial charge on any atom is 1.00 e. The van der Waals surface area contributed by atoms with Crippen LogP contribution in [0.25, 0.3) is 0 Å². The molecule has 0 atom stereocenters. The standard InChI is InChI=1S/C28H58O4S.K/c1-3-5-7-9-11-13-15-17-19-21-23-25-28(27-32-33(29,30)31)26-24-22-20-18-16-14-12-10-8-6-4-2;/h28H,3-27H2,1-2H3,(H,29,30,31);/q;+1/p-1. The Morgan fingerprint density at radius 1 is 0.529 bits per heavy atom. The zero-order valence-corrected chi connectivity index (χ0v) is 27.2. The van der Waals surface area contributed by atoms with E-state index in [9.17, 15) is 13.0 Å². The van der Waals surface area contributed by atoms with E-state index in [0.717, 1.165) is 25.7 Å². The second kappa shape index (κ2) is 29.1. The minimum Gasteiger partial charge on any atom is -0.726 e. The van der Waals surface area contributed by atoms with Crippen molar-refractivity contribution < 1.29 is 68.5 Å². The van der Waals surface area contributed by atoms with E-state index in [1.807, 2.05) is 0 Å². The van der Waals surface area contributed by atoms with Gasteiger partial charge in [-0.2, -0.15) is 0 Å². The molecule has 0 bridgehead atoms. The summed E-state index contributed by atoms with van der Waals surface area (Å²) in [5, 5.41) is 0. The summed E-state index contributed by atoms with van der Waals surface area (Å²) in [4.78, 5) is 0. The smallest absolute Gasteiger partial charge is 0.726 e. The Morgan fingerprint density at radius 3 is 1.06 bits per heavy atom. The SMILES string of the molecule is CCCCCCCCCCCCCC(CCCCCCCCCCCCC)COS(=O)(=O)[O-].[K+]. The first-order valence-electron chi connectivity index (χ1n) is 14.6. The summed E-state index contributed by atoms with van der Waals surface area (Å²) in [7, 11) is -4.58. The third-order valence-corrected chi connectivity index (χ3v) is 7.30. The van der Waals surface area contributed by atoms with Gasteiger partial charge in [-0.1, -0.05) is 155 Å². The molecule has 0 rings (SSSR count). The van der Waals surface area contributed by atoms with Crippen LogP contribution in [0.3, 0.4) is 0 Å². The third-order valence-electron chi connectivity index (χ3n) is 6.88. The maximum absolute atomic E-state index is 10.9. The normalized spacial score (nSPS) is 11.8. The van der Waals surface area contributed by atoms with Crippen molar-refractivity contribution in [3.8, 4) is 0 Å². The Kier molecular flexibility index (Phi) is 32.2. The van der Waals surface area contributed by atoms with Crippen molar-refractivity contribution in [3.05, 3.63) is 0 Å². The summed E-state index contributed by atoms with van der Waals surface area (Å²) in [6, 6.07) is 0. The van der Waals surface area contributed by atoms with Gasteiger partial charge in [0.15, 0.2) is 0 Å². The summed E-state index contributed by atoms with van der Waals surface area (Å²) in [5.41, 5.74) is 0. The molecule has 0 aliphatic rings. The molecule has 6 heteroatoms. The fourth-order valence-electron chi connectivity index (χ4n) is 4.69. The van der Waals surface area contributed by atoms with E-state index >= 15 is 0 Å². The van der Waals surface area contributed by atoms with E-state index in [4.69, 9.17) is 0 Å². The van der Waals surface area contributed by atoms with E-state index in [1.54, 1.807) is 0 Å². The van der Waals surface area contributed by atoms with Gasteiger partial charge in [0.05, 0.1) is 6.61 Å². The Bertz CT molecular complexity index is 459. The summed E-state index contributed by atoms with van der Waals surface area (Å²) < 4.78 is 37.2. The van der Waals surface area contributed by atoms with Gasteiger partial charge in [0.2, 0.25) is 10.4 Å². The van der Waals surface area contributed by atoms with E-state index in [2.05, 4.69) is 18.0 Å². The monoisotopic (exact) mass is 528 g/mol. The molecule has 0 aromatic carbocycles. The first-order valence-corrected chi connectivity index (χ1v) is 15.9. The Hall–Kier alpha value is 1.51. The maximum atomic E-state index is 10.9. The van der Waals surface area contributed by atoms with Gasteiger partial charge in [0.1, 0.15) is 0 Å². The van der Waals surface area contributed by atoms with Crippen molar-refractivity contribution in [2.75, 3.05) is 6.61 Å². The first-order chi connectivity index (χ1) is 16.0. The predicted octanol–water partition coefficient (Wildman–Crippen LogP) is 6.49. The number of rotatable bonds is 27. The molecule has 0 fully saturated rings. The molecule has 0 radical (unpaired) electrons. The Balaban J connectivity index is 0. The molecule has 0 saturated heterocycles. The molecule has 200 valence electrons. The Labute approximate surface area is 256 Å². The van der Waals surface area contributed by atoms with E-state index < -0.39 is 10.4 Å². The number of hydrogen-bond donors (Lipinski definition) is 0.